The second kappa shape index (κ2) is 4.84. The van der Waals surface area contributed by atoms with E-state index in [0.29, 0.717) is 18.9 Å². The smallest absolute Gasteiger partial charge is 0.338 e. The predicted octanol–water partition coefficient (Wildman–Crippen LogP) is 1.82. The molecule has 0 radical (unpaired) electrons. The SMILES string of the molecule is CCOC(=O)c1cccc(B(C)C)c1. The van der Waals surface area contributed by atoms with Gasteiger partial charge in [0.05, 0.1) is 12.2 Å². The van der Waals surface area contributed by atoms with Crippen molar-refractivity contribution in [2.24, 2.45) is 0 Å². The quantitative estimate of drug-likeness (QED) is 0.536. The van der Waals surface area contributed by atoms with Crippen molar-refractivity contribution in [2.75, 3.05) is 6.61 Å². The fraction of sp³-hybridized carbons (Fsp3) is 0.364. The van der Waals surface area contributed by atoms with E-state index in [0.717, 1.165) is 5.46 Å². The Morgan fingerprint density at radius 1 is 1.43 bits per heavy atom. The standard InChI is InChI=1S/C11H15BO2/c1-4-14-11(13)9-6-5-7-10(8-9)12(2)3/h5-8H,4H2,1-3H3. The molecule has 0 fully saturated rings. The molecule has 1 aromatic rings. The van der Waals surface area contributed by atoms with Gasteiger partial charge in [0.1, 0.15) is 0 Å². The van der Waals surface area contributed by atoms with Crippen LogP contribution >= 0.6 is 0 Å². The molecular weight excluding hydrogens is 175 g/mol. The Hall–Kier alpha value is -1.25. The highest BCUT2D eigenvalue weighted by Gasteiger charge is 2.09. The molecule has 0 unspecified atom stereocenters. The van der Waals surface area contributed by atoms with Crippen LogP contribution in [-0.4, -0.2) is 19.3 Å². The minimum Gasteiger partial charge on any atom is -0.462 e. The summed E-state index contributed by atoms with van der Waals surface area (Å²) < 4.78 is 4.92. The summed E-state index contributed by atoms with van der Waals surface area (Å²) in [6, 6.07) is 7.58. The van der Waals surface area contributed by atoms with Gasteiger partial charge in [0.25, 0.3) is 0 Å². The third-order valence-electron chi connectivity index (χ3n) is 2.06. The molecule has 0 aliphatic carbocycles. The molecule has 0 aliphatic heterocycles. The van der Waals surface area contributed by atoms with Crippen molar-refractivity contribution < 1.29 is 9.53 Å². The molecule has 0 saturated carbocycles. The number of hydrogen-bond donors (Lipinski definition) is 0. The topological polar surface area (TPSA) is 26.3 Å². The van der Waals surface area contributed by atoms with Crippen molar-refractivity contribution in [3.63, 3.8) is 0 Å². The minimum absolute atomic E-state index is 0.241. The van der Waals surface area contributed by atoms with Gasteiger partial charge in [-0.25, -0.2) is 4.79 Å². The Balaban J connectivity index is 2.88. The van der Waals surface area contributed by atoms with Crippen LogP contribution in [-0.2, 0) is 4.74 Å². The summed E-state index contributed by atoms with van der Waals surface area (Å²) in [7, 11) is 0. The molecule has 0 aliphatic rings. The highest BCUT2D eigenvalue weighted by Crippen LogP contribution is 2.00. The van der Waals surface area contributed by atoms with Crippen molar-refractivity contribution in [3.8, 4) is 0 Å². The molecule has 14 heavy (non-hydrogen) atoms. The molecule has 0 bridgehead atoms. The monoisotopic (exact) mass is 190 g/mol. The Bertz CT molecular complexity index is 321. The Morgan fingerprint density at radius 3 is 2.71 bits per heavy atom. The van der Waals surface area contributed by atoms with Gasteiger partial charge in [0.2, 0.25) is 0 Å². The summed E-state index contributed by atoms with van der Waals surface area (Å²) in [5, 5.41) is 0. The van der Waals surface area contributed by atoms with Gasteiger partial charge in [0, 0.05) is 0 Å². The van der Waals surface area contributed by atoms with Gasteiger partial charge >= 0.3 is 5.97 Å². The van der Waals surface area contributed by atoms with Crippen LogP contribution in [0.15, 0.2) is 24.3 Å². The number of ether oxygens (including phenoxy) is 1. The largest absolute Gasteiger partial charge is 0.462 e. The van der Waals surface area contributed by atoms with Crippen LogP contribution in [0.4, 0.5) is 0 Å². The molecule has 74 valence electrons. The number of carbonyl (C=O) groups is 1. The lowest BCUT2D eigenvalue weighted by Crippen LogP contribution is -2.23. The molecule has 2 nitrogen and oxygen atoms in total. The van der Waals surface area contributed by atoms with Crippen molar-refractivity contribution in [3.05, 3.63) is 29.8 Å². The molecular formula is C11H15BO2. The van der Waals surface area contributed by atoms with Crippen molar-refractivity contribution >= 4 is 18.1 Å². The number of rotatable bonds is 3. The molecule has 0 atom stereocenters. The van der Waals surface area contributed by atoms with Crippen LogP contribution in [0.2, 0.25) is 13.6 Å². The third-order valence-corrected chi connectivity index (χ3v) is 2.06. The zero-order valence-corrected chi connectivity index (χ0v) is 8.91. The summed E-state index contributed by atoms with van der Waals surface area (Å²) in [6.45, 7) is 6.87. The van der Waals surface area contributed by atoms with Crippen LogP contribution in [0.3, 0.4) is 0 Å². The van der Waals surface area contributed by atoms with E-state index in [4.69, 9.17) is 4.74 Å². The highest BCUT2D eigenvalue weighted by molar-refractivity contribution is 6.70. The van der Waals surface area contributed by atoms with Gasteiger partial charge in [-0.3, -0.25) is 0 Å². The summed E-state index contributed by atoms with van der Waals surface area (Å²) in [6.07, 6.45) is 0. The first-order chi connectivity index (χ1) is 6.65. The average molecular weight is 190 g/mol. The Labute approximate surface area is 85.4 Å². The maximum absolute atomic E-state index is 11.4. The second-order valence-electron chi connectivity index (χ2n) is 3.50. The first kappa shape index (κ1) is 10.8. The number of esters is 1. The van der Waals surface area contributed by atoms with Gasteiger partial charge in [0.15, 0.2) is 6.71 Å². The van der Waals surface area contributed by atoms with Crippen molar-refractivity contribution in [2.45, 2.75) is 20.6 Å². The molecule has 1 rings (SSSR count). The van der Waals surface area contributed by atoms with Crippen molar-refractivity contribution in [1.29, 1.82) is 0 Å². The molecule has 3 heteroatoms. The Morgan fingerprint density at radius 2 is 2.14 bits per heavy atom. The van der Waals surface area contributed by atoms with E-state index in [1.165, 1.54) is 0 Å². The maximum atomic E-state index is 11.4. The van der Waals surface area contributed by atoms with E-state index in [-0.39, 0.29) is 5.97 Å². The fourth-order valence-corrected chi connectivity index (χ4v) is 1.24. The highest BCUT2D eigenvalue weighted by atomic mass is 16.5. The maximum Gasteiger partial charge on any atom is 0.338 e. The molecule has 0 spiro atoms. The molecule has 0 heterocycles. The summed E-state index contributed by atoms with van der Waals surface area (Å²) >= 11 is 0. The van der Waals surface area contributed by atoms with E-state index in [2.05, 4.69) is 13.6 Å². The van der Waals surface area contributed by atoms with Crippen LogP contribution in [0, 0.1) is 0 Å². The number of benzene rings is 1. The fourth-order valence-electron chi connectivity index (χ4n) is 1.24. The zero-order valence-electron chi connectivity index (χ0n) is 8.91. The third kappa shape index (κ3) is 2.62. The van der Waals surface area contributed by atoms with Gasteiger partial charge in [-0.1, -0.05) is 37.3 Å². The normalized spacial score (nSPS) is 9.64. The first-order valence-corrected chi connectivity index (χ1v) is 4.92. The molecule has 0 amide bonds. The lowest BCUT2D eigenvalue weighted by atomic mass is 9.49. The molecule has 1 aromatic carbocycles. The van der Waals surface area contributed by atoms with E-state index in [1.54, 1.807) is 6.07 Å². The van der Waals surface area contributed by atoms with Crippen molar-refractivity contribution in [1.82, 2.24) is 0 Å². The lowest BCUT2D eigenvalue weighted by molar-refractivity contribution is 0.0526. The van der Waals surface area contributed by atoms with Gasteiger partial charge in [-0.2, -0.15) is 0 Å². The summed E-state index contributed by atoms with van der Waals surface area (Å²) in [5.41, 5.74) is 1.80. The number of carbonyl (C=O) groups excluding carboxylic acids is 1. The van der Waals surface area contributed by atoms with E-state index < -0.39 is 0 Å². The molecule has 0 N–H and O–H groups in total. The minimum atomic E-state index is -0.241. The van der Waals surface area contributed by atoms with Gasteiger partial charge in [-0.15, -0.1) is 0 Å². The molecule has 0 aromatic heterocycles. The van der Waals surface area contributed by atoms with Crippen LogP contribution in [0.25, 0.3) is 0 Å². The zero-order chi connectivity index (χ0) is 10.6. The second-order valence-corrected chi connectivity index (χ2v) is 3.50. The summed E-state index contributed by atoms with van der Waals surface area (Å²) in [4.78, 5) is 11.4. The predicted molar refractivity (Wildman–Crippen MR) is 59.5 cm³/mol. The van der Waals surface area contributed by atoms with Crippen LogP contribution in [0.1, 0.15) is 17.3 Å². The molecule has 0 saturated heterocycles. The Kier molecular flexibility index (Phi) is 3.75. The van der Waals surface area contributed by atoms with Gasteiger partial charge in [-0.05, 0) is 13.0 Å². The van der Waals surface area contributed by atoms with Gasteiger partial charge < -0.3 is 4.74 Å². The van der Waals surface area contributed by atoms with E-state index in [9.17, 15) is 4.79 Å². The summed E-state index contributed by atoms with van der Waals surface area (Å²) in [5.74, 6) is -0.241. The average Bonchev–Trinajstić information content (AvgIpc) is 2.18. The van der Waals surface area contributed by atoms with Crippen LogP contribution in [0.5, 0.6) is 0 Å². The lowest BCUT2D eigenvalue weighted by Gasteiger charge is -2.05. The van der Waals surface area contributed by atoms with E-state index in [1.807, 2.05) is 25.1 Å². The van der Waals surface area contributed by atoms with Crippen LogP contribution < -0.4 is 5.46 Å². The number of hydrogen-bond acceptors (Lipinski definition) is 2. The first-order valence-electron chi connectivity index (χ1n) is 4.92. The van der Waals surface area contributed by atoms with E-state index >= 15 is 0 Å².